The number of halogens is 1. The van der Waals surface area contributed by atoms with Crippen molar-refractivity contribution in [3.63, 3.8) is 0 Å². The van der Waals surface area contributed by atoms with Gasteiger partial charge in [-0.25, -0.2) is 4.39 Å². The number of phenols is 1. The molecule has 3 heteroatoms. The summed E-state index contributed by atoms with van der Waals surface area (Å²) in [5, 5.41) is 9.65. The molecule has 2 fully saturated rings. The van der Waals surface area contributed by atoms with E-state index in [4.69, 9.17) is 0 Å². The number of phenolic OH excluding ortho intramolecular Hbond substituents is 1. The zero-order chi connectivity index (χ0) is 14.8. The molecular formula is C18H21FO2. The highest BCUT2D eigenvalue weighted by Crippen LogP contribution is 2.60. The lowest BCUT2D eigenvalue weighted by atomic mass is 9.55. The van der Waals surface area contributed by atoms with Gasteiger partial charge in [0.2, 0.25) is 0 Å². The maximum atomic E-state index is 14.0. The summed E-state index contributed by atoms with van der Waals surface area (Å²) in [6.45, 7) is 1.99. The minimum atomic E-state index is -1.25. The van der Waals surface area contributed by atoms with Gasteiger partial charge in [0.25, 0.3) is 0 Å². The van der Waals surface area contributed by atoms with Crippen LogP contribution in [0, 0.1) is 17.3 Å². The Hall–Kier alpha value is -1.38. The van der Waals surface area contributed by atoms with Gasteiger partial charge in [0.05, 0.1) is 0 Å². The van der Waals surface area contributed by atoms with E-state index >= 15 is 0 Å². The minimum Gasteiger partial charge on any atom is -0.508 e. The number of alkyl halides is 1. The number of rotatable bonds is 0. The molecule has 0 radical (unpaired) electrons. The molecule has 21 heavy (non-hydrogen) atoms. The van der Waals surface area contributed by atoms with Gasteiger partial charge in [-0.15, -0.1) is 0 Å². The first kappa shape index (κ1) is 13.3. The van der Waals surface area contributed by atoms with E-state index in [1.54, 1.807) is 6.07 Å². The SMILES string of the molecule is C[C@]12CC[C@@H]3c4ccc(O)cc4CC[C@H]3[C@@H]1C[C@@H](F)C2=O. The fourth-order valence-corrected chi connectivity index (χ4v) is 5.32. The normalized spacial score (nSPS) is 41.3. The van der Waals surface area contributed by atoms with Crippen molar-refractivity contribution in [1.82, 2.24) is 0 Å². The third-order valence-electron chi connectivity index (χ3n) is 6.41. The Morgan fingerprint density at radius 1 is 1.33 bits per heavy atom. The number of hydrogen-bond acceptors (Lipinski definition) is 2. The number of fused-ring (bicyclic) bond motifs is 5. The van der Waals surface area contributed by atoms with Gasteiger partial charge in [0.1, 0.15) is 5.75 Å². The first-order valence-electron chi connectivity index (χ1n) is 8.01. The van der Waals surface area contributed by atoms with Gasteiger partial charge in [-0.3, -0.25) is 4.79 Å². The van der Waals surface area contributed by atoms with E-state index in [1.165, 1.54) is 11.1 Å². The van der Waals surface area contributed by atoms with Crippen LogP contribution in [-0.4, -0.2) is 17.1 Å². The van der Waals surface area contributed by atoms with Crippen LogP contribution in [0.25, 0.3) is 0 Å². The fraction of sp³-hybridized carbons (Fsp3) is 0.611. The van der Waals surface area contributed by atoms with Gasteiger partial charge in [-0.1, -0.05) is 13.0 Å². The van der Waals surface area contributed by atoms with Gasteiger partial charge in [0.15, 0.2) is 12.0 Å². The predicted molar refractivity (Wildman–Crippen MR) is 78.0 cm³/mol. The zero-order valence-electron chi connectivity index (χ0n) is 12.3. The smallest absolute Gasteiger partial charge is 0.173 e. The molecule has 0 amide bonds. The van der Waals surface area contributed by atoms with Crippen molar-refractivity contribution >= 4 is 5.78 Å². The van der Waals surface area contributed by atoms with Crippen LogP contribution in [0.3, 0.4) is 0 Å². The fourth-order valence-electron chi connectivity index (χ4n) is 5.32. The number of Topliss-reactive ketones (excluding diaryl/α,β-unsaturated/α-hetero) is 1. The minimum absolute atomic E-state index is 0.151. The number of hydrogen-bond donors (Lipinski definition) is 1. The highest BCUT2D eigenvalue weighted by Gasteiger charge is 2.58. The molecule has 1 aromatic carbocycles. The third kappa shape index (κ3) is 1.72. The summed E-state index contributed by atoms with van der Waals surface area (Å²) in [5.41, 5.74) is 2.12. The number of carbonyl (C=O) groups is 1. The Morgan fingerprint density at radius 3 is 2.95 bits per heavy atom. The summed E-state index contributed by atoms with van der Waals surface area (Å²) in [6.07, 6.45) is 2.89. The first-order chi connectivity index (χ1) is 10.0. The molecule has 0 bridgehead atoms. The molecule has 0 heterocycles. The van der Waals surface area contributed by atoms with Crippen LogP contribution >= 0.6 is 0 Å². The number of carbonyl (C=O) groups excluding carboxylic acids is 1. The maximum Gasteiger partial charge on any atom is 0.173 e. The van der Waals surface area contributed by atoms with Crippen LogP contribution in [-0.2, 0) is 11.2 Å². The van der Waals surface area contributed by atoms with Crippen LogP contribution in [0.15, 0.2) is 18.2 Å². The molecule has 5 atom stereocenters. The largest absolute Gasteiger partial charge is 0.508 e. The van der Waals surface area contributed by atoms with E-state index in [0.29, 0.717) is 24.0 Å². The number of ketones is 1. The lowest BCUT2D eigenvalue weighted by Gasteiger charge is -2.48. The molecule has 0 unspecified atom stereocenters. The molecule has 2 nitrogen and oxygen atoms in total. The summed E-state index contributed by atoms with van der Waals surface area (Å²) in [5.74, 6) is 1.23. The highest BCUT2D eigenvalue weighted by atomic mass is 19.1. The zero-order valence-corrected chi connectivity index (χ0v) is 12.3. The van der Waals surface area contributed by atoms with Gasteiger partial charge in [-0.05, 0) is 73.1 Å². The highest BCUT2D eigenvalue weighted by molar-refractivity contribution is 5.91. The predicted octanol–water partition coefficient (Wildman–Crippen LogP) is 3.77. The first-order valence-corrected chi connectivity index (χ1v) is 8.01. The average molecular weight is 288 g/mol. The lowest BCUT2D eigenvalue weighted by molar-refractivity contribution is -0.132. The Morgan fingerprint density at radius 2 is 2.14 bits per heavy atom. The molecule has 3 aliphatic carbocycles. The number of aromatic hydroxyl groups is 1. The number of benzene rings is 1. The van der Waals surface area contributed by atoms with E-state index in [1.807, 2.05) is 19.1 Å². The van der Waals surface area contributed by atoms with E-state index in [0.717, 1.165) is 25.7 Å². The molecule has 0 spiro atoms. The molecule has 3 aliphatic rings. The topological polar surface area (TPSA) is 37.3 Å². The average Bonchev–Trinajstić information content (AvgIpc) is 2.70. The van der Waals surface area contributed by atoms with Crippen LogP contribution in [0.4, 0.5) is 4.39 Å². The summed E-state index contributed by atoms with van der Waals surface area (Å²) in [7, 11) is 0. The van der Waals surface area contributed by atoms with Gasteiger partial charge in [-0.2, -0.15) is 0 Å². The molecule has 2 saturated carbocycles. The molecule has 1 N–H and O–H groups in total. The van der Waals surface area contributed by atoms with Crippen molar-refractivity contribution in [3.05, 3.63) is 29.3 Å². The van der Waals surface area contributed by atoms with E-state index in [2.05, 4.69) is 0 Å². The van der Waals surface area contributed by atoms with Crippen molar-refractivity contribution < 1.29 is 14.3 Å². The molecule has 0 aliphatic heterocycles. The van der Waals surface area contributed by atoms with Gasteiger partial charge >= 0.3 is 0 Å². The summed E-state index contributed by atoms with van der Waals surface area (Å²) in [4.78, 5) is 12.2. The van der Waals surface area contributed by atoms with Crippen LogP contribution in [0.1, 0.15) is 49.7 Å². The second-order valence-electron chi connectivity index (χ2n) is 7.32. The second-order valence-corrected chi connectivity index (χ2v) is 7.32. The quantitative estimate of drug-likeness (QED) is 0.789. The van der Waals surface area contributed by atoms with Crippen molar-refractivity contribution in [3.8, 4) is 5.75 Å². The monoisotopic (exact) mass is 288 g/mol. The van der Waals surface area contributed by atoms with Crippen molar-refractivity contribution in [2.24, 2.45) is 17.3 Å². The molecule has 0 aromatic heterocycles. The van der Waals surface area contributed by atoms with Crippen molar-refractivity contribution in [2.75, 3.05) is 0 Å². The summed E-state index contributed by atoms with van der Waals surface area (Å²) in [6, 6.07) is 5.66. The van der Waals surface area contributed by atoms with Crippen molar-refractivity contribution in [2.45, 2.75) is 51.1 Å². The number of aryl methyl sites for hydroxylation is 1. The summed E-state index contributed by atoms with van der Waals surface area (Å²) < 4.78 is 14.0. The molecular weight excluding hydrogens is 267 g/mol. The standard InChI is InChI=1S/C18H21FO2/c1-18-7-6-13-12-5-3-11(20)8-10(12)2-4-14(13)15(18)9-16(19)17(18)21/h3,5,8,13-16,20H,2,4,6-7,9H2,1H3/t13-,14-,15+,16-,18+/m1/s1. The van der Waals surface area contributed by atoms with Crippen LogP contribution in [0.5, 0.6) is 5.75 Å². The molecule has 4 rings (SSSR count). The van der Waals surface area contributed by atoms with Crippen molar-refractivity contribution in [1.29, 1.82) is 0 Å². The Balaban J connectivity index is 1.73. The molecule has 112 valence electrons. The Bertz CT molecular complexity index is 611. The van der Waals surface area contributed by atoms with Crippen LogP contribution in [0.2, 0.25) is 0 Å². The van der Waals surface area contributed by atoms with Crippen LogP contribution < -0.4 is 0 Å². The van der Waals surface area contributed by atoms with E-state index in [9.17, 15) is 14.3 Å². The third-order valence-corrected chi connectivity index (χ3v) is 6.41. The van der Waals surface area contributed by atoms with Gasteiger partial charge < -0.3 is 5.11 Å². The Labute approximate surface area is 124 Å². The van der Waals surface area contributed by atoms with E-state index < -0.39 is 11.6 Å². The van der Waals surface area contributed by atoms with E-state index in [-0.39, 0.29) is 11.7 Å². The molecule has 0 saturated heterocycles. The Kier molecular flexibility index (Phi) is 2.73. The maximum absolute atomic E-state index is 14.0. The molecule has 1 aromatic rings. The lowest BCUT2D eigenvalue weighted by Crippen LogP contribution is -2.42. The summed E-state index contributed by atoms with van der Waals surface area (Å²) >= 11 is 0. The van der Waals surface area contributed by atoms with Gasteiger partial charge in [0, 0.05) is 5.41 Å². The second kappa shape index (κ2) is 4.31.